The molecule has 2 bridgehead atoms. The predicted molar refractivity (Wildman–Crippen MR) is 121 cm³/mol. The van der Waals surface area contributed by atoms with Crippen LogP contribution in [0.3, 0.4) is 0 Å². The van der Waals surface area contributed by atoms with Crippen LogP contribution in [0.5, 0.6) is 0 Å². The lowest BCUT2D eigenvalue weighted by Gasteiger charge is -2.28. The van der Waals surface area contributed by atoms with Crippen LogP contribution in [0.2, 0.25) is 0 Å². The minimum atomic E-state index is -1.07. The van der Waals surface area contributed by atoms with Gasteiger partial charge in [-0.15, -0.1) is 0 Å². The Balaban J connectivity index is 1.34. The van der Waals surface area contributed by atoms with Crippen molar-refractivity contribution in [2.45, 2.75) is 42.4 Å². The number of fused-ring (bicyclic) bond motifs is 5. The van der Waals surface area contributed by atoms with Crippen molar-refractivity contribution < 1.29 is 23.9 Å². The van der Waals surface area contributed by atoms with Gasteiger partial charge in [0.2, 0.25) is 11.8 Å². The molecule has 1 N–H and O–H groups in total. The average molecular weight is 556 g/mol. The first kappa shape index (κ1) is 22.5. The molecule has 0 spiro atoms. The molecule has 1 aliphatic heterocycles. The third kappa shape index (κ3) is 3.84. The number of ether oxygens (including phenoxy) is 1. The van der Waals surface area contributed by atoms with Crippen molar-refractivity contribution in [3.05, 3.63) is 29.8 Å². The summed E-state index contributed by atoms with van der Waals surface area (Å²) in [6.45, 7) is 3.03. The zero-order valence-electron chi connectivity index (χ0n) is 17.2. The molecule has 3 aliphatic rings. The number of anilines is 1. The van der Waals surface area contributed by atoms with Crippen LogP contribution in [0.1, 0.15) is 25.8 Å². The van der Waals surface area contributed by atoms with Crippen LogP contribution in [0, 0.1) is 23.7 Å². The van der Waals surface area contributed by atoms with E-state index >= 15 is 0 Å². The van der Waals surface area contributed by atoms with Gasteiger partial charge in [-0.25, -0.2) is 4.79 Å². The lowest BCUT2D eigenvalue weighted by Crippen LogP contribution is -2.45. The minimum Gasteiger partial charge on any atom is -0.454 e. The second-order valence-electron chi connectivity index (χ2n) is 8.43. The lowest BCUT2D eigenvalue weighted by molar-refractivity contribution is -0.159. The Bertz CT molecular complexity index is 889. The summed E-state index contributed by atoms with van der Waals surface area (Å²) >= 11 is 7.28. The molecule has 7 nitrogen and oxygen atoms in total. The van der Waals surface area contributed by atoms with E-state index in [0.29, 0.717) is 5.69 Å². The van der Waals surface area contributed by atoms with Crippen molar-refractivity contribution in [2.75, 3.05) is 11.9 Å². The van der Waals surface area contributed by atoms with Gasteiger partial charge in [-0.05, 0) is 49.3 Å². The summed E-state index contributed by atoms with van der Waals surface area (Å²) in [5, 5.41) is 2.66. The van der Waals surface area contributed by atoms with E-state index in [1.165, 1.54) is 6.92 Å². The van der Waals surface area contributed by atoms with E-state index in [9.17, 15) is 19.2 Å². The Morgan fingerprint density at radius 1 is 1.10 bits per heavy atom. The van der Waals surface area contributed by atoms with E-state index < -0.39 is 24.5 Å². The second kappa shape index (κ2) is 8.65. The number of likely N-dealkylation sites (tertiary alicyclic amines) is 1. The number of hydrogen-bond donors (Lipinski definition) is 1. The molecule has 3 amide bonds. The Morgan fingerprint density at radius 2 is 1.65 bits per heavy atom. The highest BCUT2D eigenvalue weighted by molar-refractivity contribution is 9.12. The SMILES string of the molecule is CCc1ccc(NC(=O)COC(=O)[C@H](C)N2C(=O)[C@@H]3[C@H]4C[C@@H]([C@H](Br)[C@@H]4Br)[C@@H]3C2=O)cc1. The Hall–Kier alpha value is -1.74. The molecule has 2 saturated carbocycles. The number of halogens is 2. The summed E-state index contributed by atoms with van der Waals surface area (Å²) in [6.07, 6.45) is 1.72. The maximum atomic E-state index is 13.0. The van der Waals surface area contributed by atoms with Crippen LogP contribution >= 0.6 is 31.9 Å². The number of aryl methyl sites for hydroxylation is 1. The van der Waals surface area contributed by atoms with Gasteiger partial charge >= 0.3 is 5.97 Å². The first-order valence-corrected chi connectivity index (χ1v) is 12.3. The number of carbonyl (C=O) groups is 4. The van der Waals surface area contributed by atoms with E-state index in [1.807, 2.05) is 19.1 Å². The van der Waals surface area contributed by atoms with Crippen molar-refractivity contribution in [2.24, 2.45) is 23.7 Å². The molecular formula is C22H24Br2N2O5. The van der Waals surface area contributed by atoms with Crippen LogP contribution < -0.4 is 5.32 Å². The highest BCUT2D eigenvalue weighted by Crippen LogP contribution is 2.60. The minimum absolute atomic E-state index is 0.0777. The number of amides is 3. The van der Waals surface area contributed by atoms with E-state index in [1.54, 1.807) is 12.1 Å². The number of rotatable bonds is 6. The summed E-state index contributed by atoms with van der Waals surface area (Å²) < 4.78 is 5.11. The Morgan fingerprint density at radius 3 is 2.16 bits per heavy atom. The molecule has 1 heterocycles. The highest BCUT2D eigenvalue weighted by Gasteiger charge is 2.67. The van der Waals surface area contributed by atoms with Gasteiger partial charge in [-0.1, -0.05) is 50.9 Å². The fourth-order valence-electron chi connectivity index (χ4n) is 5.14. The maximum Gasteiger partial charge on any atom is 0.329 e. The number of imide groups is 1. The molecule has 0 unspecified atom stereocenters. The van der Waals surface area contributed by atoms with Crippen molar-refractivity contribution in [3.8, 4) is 0 Å². The van der Waals surface area contributed by atoms with Gasteiger partial charge in [-0.2, -0.15) is 0 Å². The molecule has 1 saturated heterocycles. The maximum absolute atomic E-state index is 13.0. The number of carbonyl (C=O) groups excluding carboxylic acids is 4. The zero-order valence-corrected chi connectivity index (χ0v) is 20.4. The Kier molecular flexibility index (Phi) is 6.27. The molecule has 3 fully saturated rings. The molecule has 0 aromatic heterocycles. The molecular weight excluding hydrogens is 532 g/mol. The quantitative estimate of drug-likeness (QED) is 0.331. The first-order chi connectivity index (χ1) is 14.7. The number of alkyl halides is 2. The normalized spacial score (nSPS) is 32.2. The molecule has 1 aromatic rings. The molecule has 31 heavy (non-hydrogen) atoms. The lowest BCUT2D eigenvalue weighted by atomic mass is 9.81. The van der Waals surface area contributed by atoms with Gasteiger partial charge in [0.25, 0.3) is 5.91 Å². The third-order valence-electron chi connectivity index (χ3n) is 6.74. The number of esters is 1. The molecule has 1 aromatic carbocycles. The number of nitrogens with zero attached hydrogens (tertiary/aromatic N) is 1. The molecule has 9 heteroatoms. The fourth-order valence-corrected chi connectivity index (χ4v) is 7.01. The van der Waals surface area contributed by atoms with Gasteiger partial charge < -0.3 is 10.1 Å². The average Bonchev–Trinajstić information content (AvgIpc) is 3.37. The fraction of sp³-hybridized carbons (Fsp3) is 0.545. The van der Waals surface area contributed by atoms with Crippen LogP contribution in [0.4, 0.5) is 5.69 Å². The number of hydrogen-bond acceptors (Lipinski definition) is 5. The van der Waals surface area contributed by atoms with Crippen molar-refractivity contribution in [1.29, 1.82) is 0 Å². The second-order valence-corrected chi connectivity index (χ2v) is 10.5. The Labute approximate surface area is 197 Å². The van der Waals surface area contributed by atoms with E-state index in [4.69, 9.17) is 4.74 Å². The zero-order chi connectivity index (χ0) is 22.4. The number of nitrogens with one attached hydrogen (secondary N) is 1. The first-order valence-electron chi connectivity index (χ1n) is 10.4. The van der Waals surface area contributed by atoms with E-state index in [0.717, 1.165) is 23.3 Å². The summed E-state index contributed by atoms with van der Waals surface area (Å²) in [4.78, 5) is 52.0. The van der Waals surface area contributed by atoms with Gasteiger partial charge in [0.05, 0.1) is 11.8 Å². The van der Waals surface area contributed by atoms with Gasteiger partial charge in [0, 0.05) is 15.3 Å². The highest BCUT2D eigenvalue weighted by atomic mass is 79.9. The smallest absolute Gasteiger partial charge is 0.329 e. The molecule has 4 rings (SSSR count). The topological polar surface area (TPSA) is 92.8 Å². The molecule has 166 valence electrons. The van der Waals surface area contributed by atoms with E-state index in [-0.39, 0.29) is 45.1 Å². The van der Waals surface area contributed by atoms with Crippen molar-refractivity contribution >= 4 is 61.2 Å². The molecule has 7 atom stereocenters. The predicted octanol–water partition coefficient (Wildman–Crippen LogP) is 2.90. The third-order valence-corrected chi connectivity index (χ3v) is 9.95. The largest absolute Gasteiger partial charge is 0.454 e. The van der Waals surface area contributed by atoms with Crippen molar-refractivity contribution in [1.82, 2.24) is 4.90 Å². The van der Waals surface area contributed by atoms with Crippen LogP contribution in [0.15, 0.2) is 24.3 Å². The number of benzene rings is 1. The molecule has 2 aliphatic carbocycles. The summed E-state index contributed by atoms with van der Waals surface area (Å²) in [6, 6.07) is 6.32. The summed E-state index contributed by atoms with van der Waals surface area (Å²) in [5.41, 5.74) is 1.75. The van der Waals surface area contributed by atoms with Gasteiger partial charge in [0.1, 0.15) is 6.04 Å². The summed E-state index contributed by atoms with van der Waals surface area (Å²) in [5.74, 6) is -2.49. The van der Waals surface area contributed by atoms with E-state index in [2.05, 4.69) is 37.2 Å². The summed E-state index contributed by atoms with van der Waals surface area (Å²) in [7, 11) is 0. The molecule has 0 radical (unpaired) electrons. The van der Waals surface area contributed by atoms with Crippen LogP contribution in [-0.4, -0.2) is 50.9 Å². The van der Waals surface area contributed by atoms with Crippen LogP contribution in [-0.2, 0) is 30.3 Å². The van der Waals surface area contributed by atoms with Gasteiger partial charge in [0.15, 0.2) is 6.61 Å². The van der Waals surface area contributed by atoms with Crippen molar-refractivity contribution in [3.63, 3.8) is 0 Å². The monoisotopic (exact) mass is 554 g/mol. The van der Waals surface area contributed by atoms with Gasteiger partial charge in [-0.3, -0.25) is 19.3 Å². The van der Waals surface area contributed by atoms with Crippen LogP contribution in [0.25, 0.3) is 0 Å². The standard InChI is InChI=1S/C22H24Br2N2O5/c1-3-11-4-6-12(7-5-11)25-15(27)9-31-22(30)10(2)26-20(28)16-13-8-14(17(16)21(26)29)19(24)18(13)23/h4-7,10,13-14,16-19H,3,8-9H2,1-2H3,(H,25,27)/t10-,13+,14+,16-,17+,18-,19+/m0/s1.